The molecule has 2 aromatic rings. The molecule has 0 spiro atoms. The molecule has 0 unspecified atom stereocenters. The Labute approximate surface area is 176 Å². The lowest BCUT2D eigenvalue weighted by molar-refractivity contribution is 0.111. The first kappa shape index (κ1) is 21.3. The predicted octanol–water partition coefficient (Wildman–Crippen LogP) is 1.18. The van der Waals surface area contributed by atoms with Crippen LogP contribution in [-0.4, -0.2) is 59.0 Å². The molecule has 1 saturated heterocycles. The van der Waals surface area contributed by atoms with E-state index in [1.807, 2.05) is 0 Å². The average molecular weight is 435 g/mol. The van der Waals surface area contributed by atoms with Crippen molar-refractivity contribution in [2.24, 2.45) is 14.1 Å². The number of aromatic nitrogens is 2. The zero-order valence-electron chi connectivity index (χ0n) is 17.9. The highest BCUT2D eigenvalue weighted by atomic mass is 32.2. The minimum absolute atomic E-state index is 0.203. The van der Waals surface area contributed by atoms with Crippen molar-refractivity contribution in [3.63, 3.8) is 0 Å². The van der Waals surface area contributed by atoms with E-state index in [2.05, 4.69) is 4.90 Å². The molecular weight excluding hydrogens is 404 g/mol. The quantitative estimate of drug-likeness (QED) is 0.678. The molecular formula is C21H30N4O4S. The van der Waals surface area contributed by atoms with Crippen molar-refractivity contribution in [1.29, 1.82) is 0 Å². The van der Waals surface area contributed by atoms with Gasteiger partial charge in [0, 0.05) is 46.3 Å². The maximum Gasteiger partial charge on any atom is 0.316 e. The van der Waals surface area contributed by atoms with Gasteiger partial charge in [-0.3, -0.25) is 14.5 Å². The molecule has 0 atom stereocenters. The van der Waals surface area contributed by atoms with E-state index in [1.54, 1.807) is 17.3 Å². The van der Waals surface area contributed by atoms with E-state index in [9.17, 15) is 18.0 Å². The topological polar surface area (TPSA) is 84.6 Å². The van der Waals surface area contributed by atoms with E-state index in [0.717, 1.165) is 13.1 Å². The summed E-state index contributed by atoms with van der Waals surface area (Å²) in [6.07, 6.45) is 6.26. The van der Waals surface area contributed by atoms with E-state index in [-0.39, 0.29) is 4.90 Å². The van der Waals surface area contributed by atoms with Gasteiger partial charge in [0.15, 0.2) is 0 Å². The third-order valence-electron chi connectivity index (χ3n) is 6.77. The Hall–Kier alpha value is -1.97. The molecule has 1 aliphatic carbocycles. The zero-order valence-corrected chi connectivity index (χ0v) is 18.7. The summed E-state index contributed by atoms with van der Waals surface area (Å²) in [7, 11) is -0.654. The lowest BCUT2D eigenvalue weighted by atomic mass is 9.94. The largest absolute Gasteiger partial charge is 0.316 e. The first-order chi connectivity index (χ1) is 14.2. The average Bonchev–Trinajstić information content (AvgIpc) is 2.76. The Morgan fingerprint density at radius 2 is 1.37 bits per heavy atom. The highest BCUT2D eigenvalue weighted by molar-refractivity contribution is 7.89. The third kappa shape index (κ3) is 3.52. The first-order valence-electron chi connectivity index (χ1n) is 10.7. The van der Waals surface area contributed by atoms with Crippen LogP contribution >= 0.6 is 0 Å². The van der Waals surface area contributed by atoms with Crippen molar-refractivity contribution in [3.8, 4) is 0 Å². The summed E-state index contributed by atoms with van der Waals surface area (Å²) in [5, 5.41) is 0. The van der Waals surface area contributed by atoms with Gasteiger partial charge in [-0.25, -0.2) is 8.42 Å². The van der Waals surface area contributed by atoms with E-state index in [1.165, 1.54) is 61.4 Å². The normalized spacial score (nSPS) is 20.1. The van der Waals surface area contributed by atoms with Crippen LogP contribution < -0.4 is 11.1 Å². The van der Waals surface area contributed by atoms with Crippen molar-refractivity contribution < 1.29 is 8.42 Å². The lowest BCUT2D eigenvalue weighted by Crippen LogP contribution is -2.52. The number of sulfonamides is 1. The van der Waals surface area contributed by atoms with Gasteiger partial charge in [0.1, 0.15) is 0 Å². The van der Waals surface area contributed by atoms with Gasteiger partial charge < -0.3 is 9.13 Å². The van der Waals surface area contributed by atoms with Crippen molar-refractivity contribution in [1.82, 2.24) is 18.3 Å². The lowest BCUT2D eigenvalue weighted by Gasteiger charge is -2.40. The van der Waals surface area contributed by atoms with Gasteiger partial charge in [-0.2, -0.15) is 4.31 Å². The second-order valence-corrected chi connectivity index (χ2v) is 10.5. The summed E-state index contributed by atoms with van der Waals surface area (Å²) < 4.78 is 30.9. The summed E-state index contributed by atoms with van der Waals surface area (Å²) in [5.74, 6) is 0. The molecule has 30 heavy (non-hydrogen) atoms. The Morgan fingerprint density at radius 3 is 1.93 bits per heavy atom. The highest BCUT2D eigenvalue weighted by Crippen LogP contribution is 2.27. The molecule has 9 heteroatoms. The number of nitrogens with zero attached hydrogens (tertiary/aromatic N) is 4. The second kappa shape index (κ2) is 7.94. The molecule has 1 aromatic carbocycles. The van der Waals surface area contributed by atoms with Crippen LogP contribution in [0.3, 0.4) is 0 Å². The third-order valence-corrected chi connectivity index (χ3v) is 8.81. The summed E-state index contributed by atoms with van der Waals surface area (Å²) in [5.41, 5.74) is 0.260. The minimum Gasteiger partial charge on any atom is -0.305 e. The van der Waals surface area contributed by atoms with Crippen LogP contribution in [0.15, 0.2) is 26.6 Å². The molecule has 2 heterocycles. The summed E-state index contributed by atoms with van der Waals surface area (Å²) in [4.78, 5) is 27.0. The van der Waals surface area contributed by atoms with E-state index >= 15 is 0 Å². The number of hydrogen-bond donors (Lipinski definition) is 0. The van der Waals surface area contributed by atoms with Crippen LogP contribution in [0.2, 0.25) is 0 Å². The Morgan fingerprint density at radius 1 is 0.833 bits per heavy atom. The van der Waals surface area contributed by atoms with E-state index < -0.39 is 21.1 Å². The van der Waals surface area contributed by atoms with Crippen molar-refractivity contribution >= 4 is 21.1 Å². The molecule has 1 saturated carbocycles. The standard InChI is InChI=1S/C21H30N4O4S/c1-15-13-17-18(23(3)21(27)20(26)22(17)2)14-19(15)30(28,29)25-11-9-24(10-12-25)16-7-5-4-6-8-16/h13-14,16H,4-12H2,1-3H3. The number of benzene rings is 1. The molecule has 2 aliphatic rings. The van der Waals surface area contributed by atoms with Crippen LogP contribution in [0.5, 0.6) is 0 Å². The Bertz CT molecular complexity index is 1180. The molecule has 8 nitrogen and oxygen atoms in total. The van der Waals surface area contributed by atoms with E-state index in [4.69, 9.17) is 0 Å². The number of piperazine rings is 1. The molecule has 164 valence electrons. The molecule has 0 radical (unpaired) electrons. The van der Waals surface area contributed by atoms with Gasteiger partial charge in [0.05, 0.1) is 15.9 Å². The molecule has 1 aromatic heterocycles. The summed E-state index contributed by atoms with van der Waals surface area (Å²) in [6.45, 7) is 4.19. The van der Waals surface area contributed by atoms with Gasteiger partial charge in [-0.05, 0) is 37.5 Å². The number of rotatable bonds is 3. The van der Waals surface area contributed by atoms with Gasteiger partial charge in [0.25, 0.3) is 0 Å². The fourth-order valence-corrected chi connectivity index (χ4v) is 6.53. The van der Waals surface area contributed by atoms with Crippen LogP contribution in [0, 0.1) is 6.92 Å². The maximum atomic E-state index is 13.4. The molecule has 2 fully saturated rings. The zero-order chi connectivity index (χ0) is 21.6. The van der Waals surface area contributed by atoms with E-state index in [0.29, 0.717) is 35.7 Å². The molecule has 0 amide bonds. The predicted molar refractivity (Wildman–Crippen MR) is 116 cm³/mol. The molecule has 1 aliphatic heterocycles. The van der Waals surface area contributed by atoms with Gasteiger partial charge in [-0.15, -0.1) is 0 Å². The highest BCUT2D eigenvalue weighted by Gasteiger charge is 2.32. The van der Waals surface area contributed by atoms with Crippen molar-refractivity contribution in [2.45, 2.75) is 50.0 Å². The summed E-state index contributed by atoms with van der Waals surface area (Å²) >= 11 is 0. The molecule has 4 rings (SSSR count). The number of hydrogen-bond acceptors (Lipinski definition) is 5. The maximum absolute atomic E-state index is 13.4. The summed E-state index contributed by atoms with van der Waals surface area (Å²) in [6, 6.07) is 3.80. The minimum atomic E-state index is -3.69. The first-order valence-corrected chi connectivity index (χ1v) is 12.1. The van der Waals surface area contributed by atoms with Gasteiger partial charge in [-0.1, -0.05) is 19.3 Å². The van der Waals surface area contributed by atoms with Gasteiger partial charge >= 0.3 is 11.1 Å². The fraction of sp³-hybridized carbons (Fsp3) is 0.619. The van der Waals surface area contributed by atoms with Crippen LogP contribution in [0.4, 0.5) is 0 Å². The fourth-order valence-electron chi connectivity index (χ4n) is 4.88. The van der Waals surface area contributed by atoms with Crippen LogP contribution in [0.25, 0.3) is 11.0 Å². The Kier molecular flexibility index (Phi) is 5.63. The second-order valence-electron chi connectivity index (χ2n) is 8.57. The molecule has 0 N–H and O–H groups in total. The van der Waals surface area contributed by atoms with Gasteiger partial charge in [0.2, 0.25) is 10.0 Å². The Balaban J connectivity index is 1.65. The van der Waals surface area contributed by atoms with Crippen molar-refractivity contribution in [2.75, 3.05) is 26.2 Å². The van der Waals surface area contributed by atoms with Crippen LogP contribution in [-0.2, 0) is 24.1 Å². The van der Waals surface area contributed by atoms with Crippen LogP contribution in [0.1, 0.15) is 37.7 Å². The SMILES string of the molecule is Cc1cc2c(cc1S(=O)(=O)N1CCN(C3CCCCC3)CC1)n(C)c(=O)c(=O)n2C. The number of fused-ring (bicyclic) bond motifs is 1. The monoisotopic (exact) mass is 434 g/mol. The number of aryl methyl sites for hydroxylation is 3. The smallest absolute Gasteiger partial charge is 0.305 e. The van der Waals surface area contributed by atoms with Crippen molar-refractivity contribution in [3.05, 3.63) is 38.4 Å². The molecule has 0 bridgehead atoms.